The van der Waals surface area contributed by atoms with Gasteiger partial charge in [-0.2, -0.15) is 0 Å². The summed E-state index contributed by atoms with van der Waals surface area (Å²) >= 11 is 3.33. The highest BCUT2D eigenvalue weighted by Gasteiger charge is 1.87. The molecule has 0 spiro atoms. The van der Waals surface area contributed by atoms with Crippen molar-refractivity contribution < 1.29 is 0 Å². The summed E-state index contributed by atoms with van der Waals surface area (Å²) in [7, 11) is 0. The number of hydrogen-bond acceptors (Lipinski definition) is 2. The van der Waals surface area contributed by atoms with Gasteiger partial charge in [-0.25, -0.2) is 9.97 Å². The third-order valence-electron chi connectivity index (χ3n) is 0.994. The van der Waals surface area contributed by atoms with Crippen molar-refractivity contribution in [2.24, 2.45) is 0 Å². The SMILES string of the molecule is BrCCc1ccncn1. The molecule has 0 atom stereocenters. The summed E-state index contributed by atoms with van der Waals surface area (Å²) in [4.78, 5) is 7.83. The van der Waals surface area contributed by atoms with Crippen LogP contribution in [0, 0.1) is 0 Å². The number of nitrogens with zero attached hydrogens (tertiary/aromatic N) is 2. The fraction of sp³-hybridized carbons (Fsp3) is 0.333. The first-order chi connectivity index (χ1) is 4.43. The Bertz CT molecular complexity index is 164. The molecule has 0 saturated carbocycles. The molecule has 1 heterocycles. The van der Waals surface area contributed by atoms with Crippen LogP contribution in [0.5, 0.6) is 0 Å². The third-order valence-corrected chi connectivity index (χ3v) is 1.39. The van der Waals surface area contributed by atoms with Crippen molar-refractivity contribution in [3.8, 4) is 0 Å². The molecule has 48 valence electrons. The molecule has 0 aliphatic carbocycles. The smallest absolute Gasteiger partial charge is 0.115 e. The molecule has 0 aliphatic rings. The molecular formula is C6H7BrN2. The maximum atomic E-state index is 4.03. The lowest BCUT2D eigenvalue weighted by Gasteiger charge is -1.91. The van der Waals surface area contributed by atoms with Crippen LogP contribution in [0.25, 0.3) is 0 Å². The zero-order chi connectivity index (χ0) is 6.53. The van der Waals surface area contributed by atoms with Crippen LogP contribution in [0.3, 0.4) is 0 Å². The highest BCUT2D eigenvalue weighted by Crippen LogP contribution is 1.94. The Kier molecular flexibility index (Phi) is 2.64. The summed E-state index contributed by atoms with van der Waals surface area (Å²) in [6, 6.07) is 1.92. The second-order valence-corrected chi connectivity index (χ2v) is 2.43. The molecule has 1 aromatic heterocycles. The van der Waals surface area contributed by atoms with Gasteiger partial charge in [0.05, 0.1) is 0 Å². The molecule has 0 fully saturated rings. The molecule has 0 saturated heterocycles. The Labute approximate surface area is 62.5 Å². The van der Waals surface area contributed by atoms with Gasteiger partial charge >= 0.3 is 0 Å². The molecule has 2 nitrogen and oxygen atoms in total. The minimum atomic E-state index is 0.962. The summed E-state index contributed by atoms with van der Waals surface area (Å²) in [5, 5.41) is 0.962. The zero-order valence-electron chi connectivity index (χ0n) is 4.92. The van der Waals surface area contributed by atoms with Crippen molar-refractivity contribution in [3.05, 3.63) is 24.3 Å². The van der Waals surface area contributed by atoms with Gasteiger partial charge in [0.25, 0.3) is 0 Å². The normalized spacial score (nSPS) is 9.44. The van der Waals surface area contributed by atoms with Crippen LogP contribution in [0.4, 0.5) is 0 Å². The van der Waals surface area contributed by atoms with Gasteiger partial charge in [-0.3, -0.25) is 0 Å². The Morgan fingerprint density at radius 1 is 1.56 bits per heavy atom. The van der Waals surface area contributed by atoms with Gasteiger partial charge in [0.1, 0.15) is 6.33 Å². The van der Waals surface area contributed by atoms with Gasteiger partial charge in [-0.15, -0.1) is 0 Å². The molecule has 0 N–H and O–H groups in total. The van der Waals surface area contributed by atoms with E-state index in [9.17, 15) is 0 Å². The lowest BCUT2D eigenvalue weighted by molar-refractivity contribution is 1.01. The second kappa shape index (κ2) is 3.56. The zero-order valence-corrected chi connectivity index (χ0v) is 6.50. The quantitative estimate of drug-likeness (QED) is 0.654. The van der Waals surface area contributed by atoms with E-state index in [0.717, 1.165) is 17.4 Å². The van der Waals surface area contributed by atoms with Crippen LogP contribution in [0.2, 0.25) is 0 Å². The van der Waals surface area contributed by atoms with Crippen molar-refractivity contribution in [2.45, 2.75) is 6.42 Å². The lowest BCUT2D eigenvalue weighted by atomic mass is 10.3. The number of halogens is 1. The standard InChI is InChI=1S/C6H7BrN2/c7-3-1-6-2-4-8-5-9-6/h2,4-5H,1,3H2. The van der Waals surface area contributed by atoms with Gasteiger partial charge in [-0.1, -0.05) is 15.9 Å². The van der Waals surface area contributed by atoms with Crippen LogP contribution in [-0.4, -0.2) is 15.3 Å². The van der Waals surface area contributed by atoms with Gasteiger partial charge in [-0.05, 0) is 12.5 Å². The maximum absolute atomic E-state index is 4.03. The van der Waals surface area contributed by atoms with E-state index in [2.05, 4.69) is 25.9 Å². The van der Waals surface area contributed by atoms with E-state index in [1.165, 1.54) is 0 Å². The molecular weight excluding hydrogens is 180 g/mol. The number of aromatic nitrogens is 2. The largest absolute Gasteiger partial charge is 0.245 e. The highest BCUT2D eigenvalue weighted by molar-refractivity contribution is 9.09. The van der Waals surface area contributed by atoms with E-state index in [4.69, 9.17) is 0 Å². The average Bonchev–Trinajstić information content (AvgIpc) is 1.91. The predicted molar refractivity (Wildman–Crippen MR) is 39.5 cm³/mol. The predicted octanol–water partition coefficient (Wildman–Crippen LogP) is 1.41. The minimum Gasteiger partial charge on any atom is -0.245 e. The Balaban J connectivity index is 2.61. The first-order valence-electron chi connectivity index (χ1n) is 2.74. The summed E-state index contributed by atoms with van der Waals surface area (Å²) in [5.74, 6) is 0. The number of rotatable bonds is 2. The van der Waals surface area contributed by atoms with Gasteiger partial charge < -0.3 is 0 Å². The van der Waals surface area contributed by atoms with Crippen LogP contribution >= 0.6 is 15.9 Å². The third kappa shape index (κ3) is 2.10. The van der Waals surface area contributed by atoms with Crippen LogP contribution in [0.15, 0.2) is 18.6 Å². The van der Waals surface area contributed by atoms with Crippen LogP contribution in [0.1, 0.15) is 5.69 Å². The van der Waals surface area contributed by atoms with E-state index >= 15 is 0 Å². The van der Waals surface area contributed by atoms with Gasteiger partial charge in [0, 0.05) is 17.2 Å². The Morgan fingerprint density at radius 2 is 2.44 bits per heavy atom. The van der Waals surface area contributed by atoms with E-state index < -0.39 is 0 Å². The molecule has 0 bridgehead atoms. The Hall–Kier alpha value is -0.440. The molecule has 3 heteroatoms. The fourth-order valence-corrected chi connectivity index (χ4v) is 0.969. The molecule has 0 aromatic carbocycles. The fourth-order valence-electron chi connectivity index (χ4n) is 0.563. The molecule has 1 rings (SSSR count). The van der Waals surface area contributed by atoms with E-state index in [-0.39, 0.29) is 0 Å². The summed E-state index contributed by atoms with van der Waals surface area (Å²) < 4.78 is 0. The molecule has 0 radical (unpaired) electrons. The van der Waals surface area contributed by atoms with Crippen molar-refractivity contribution in [1.82, 2.24) is 9.97 Å². The second-order valence-electron chi connectivity index (χ2n) is 1.64. The topological polar surface area (TPSA) is 25.8 Å². The number of aryl methyl sites for hydroxylation is 1. The number of alkyl halides is 1. The molecule has 1 aromatic rings. The number of hydrogen-bond donors (Lipinski definition) is 0. The lowest BCUT2D eigenvalue weighted by Crippen LogP contribution is -1.89. The van der Waals surface area contributed by atoms with E-state index in [0.29, 0.717) is 0 Å². The maximum Gasteiger partial charge on any atom is 0.115 e. The van der Waals surface area contributed by atoms with Gasteiger partial charge in [0.15, 0.2) is 0 Å². The monoisotopic (exact) mass is 186 g/mol. The van der Waals surface area contributed by atoms with E-state index in [1.807, 2.05) is 6.07 Å². The highest BCUT2D eigenvalue weighted by atomic mass is 79.9. The Morgan fingerprint density at radius 3 is 3.00 bits per heavy atom. The van der Waals surface area contributed by atoms with Crippen LogP contribution in [-0.2, 0) is 6.42 Å². The summed E-state index contributed by atoms with van der Waals surface area (Å²) in [6.07, 6.45) is 4.30. The van der Waals surface area contributed by atoms with E-state index in [1.54, 1.807) is 12.5 Å². The van der Waals surface area contributed by atoms with Gasteiger partial charge in [0.2, 0.25) is 0 Å². The summed E-state index contributed by atoms with van der Waals surface area (Å²) in [6.45, 7) is 0. The average molecular weight is 187 g/mol. The summed E-state index contributed by atoms with van der Waals surface area (Å²) in [5.41, 5.74) is 1.09. The van der Waals surface area contributed by atoms with Crippen molar-refractivity contribution >= 4 is 15.9 Å². The molecule has 0 amide bonds. The van der Waals surface area contributed by atoms with Crippen LogP contribution < -0.4 is 0 Å². The van der Waals surface area contributed by atoms with Crippen molar-refractivity contribution in [2.75, 3.05) is 5.33 Å². The molecule has 0 unspecified atom stereocenters. The molecule has 0 aliphatic heterocycles. The van der Waals surface area contributed by atoms with Crippen molar-refractivity contribution in [3.63, 3.8) is 0 Å². The molecule has 9 heavy (non-hydrogen) atoms. The first-order valence-corrected chi connectivity index (χ1v) is 3.86. The first kappa shape index (κ1) is 6.68. The van der Waals surface area contributed by atoms with Crippen molar-refractivity contribution in [1.29, 1.82) is 0 Å². The minimum absolute atomic E-state index is 0.962.